The molecule has 0 aliphatic carbocycles. The monoisotopic (exact) mass is 940 g/mol. The summed E-state index contributed by atoms with van der Waals surface area (Å²) in [5.41, 5.74) is 1.85. The molecule has 2 aromatic rings. The molecule has 0 fully saturated rings. The zero-order chi connectivity index (χ0) is 49.9. The van der Waals surface area contributed by atoms with E-state index in [0.717, 1.165) is 11.1 Å². The fourth-order valence-corrected chi connectivity index (χ4v) is 5.91. The standard InChI is InChI=1S/2C13H19O3P.C8H14O2.C8H12O2.C6H15O2P/c1-10(2)13(14)9-11-5-7-12(8-6-11)16-17(3,4)15;1-10(2)13(14)9-11-6-5-7-12(8-11)16-17(3,4)15;2*1-6(2)8(10)5-4-7(3)9;1-6(2)5-8-9(3,4)7/h2*5-8,10H,9H2,1-4H3;6H,4-5H2,1-3H3;4-6H,1-3H3;6H,5H2,1-4H3/b;;;5-4+;. The molecule has 0 aliphatic rings. The highest BCUT2D eigenvalue weighted by atomic mass is 31.2. The molecule has 0 N–H and O–H groups in total. The highest BCUT2D eigenvalue weighted by molar-refractivity contribution is 7.58. The van der Waals surface area contributed by atoms with Crippen LogP contribution in [0.5, 0.6) is 11.5 Å². The summed E-state index contributed by atoms with van der Waals surface area (Å²) in [7, 11) is -7.28. The molecule has 0 bridgehead atoms. The van der Waals surface area contributed by atoms with E-state index in [1.807, 2.05) is 79.7 Å². The van der Waals surface area contributed by atoms with Crippen molar-refractivity contribution in [3.05, 3.63) is 71.8 Å². The Kier molecular flexibility index (Phi) is 32.5. The van der Waals surface area contributed by atoms with Crippen LogP contribution in [0, 0.1) is 29.6 Å². The lowest BCUT2D eigenvalue weighted by Gasteiger charge is -2.11. The highest BCUT2D eigenvalue weighted by Crippen LogP contribution is 2.40. The second kappa shape index (κ2) is 32.2. The normalized spacial score (nSPS) is 11.3. The first kappa shape index (κ1) is 63.7. The van der Waals surface area contributed by atoms with Crippen molar-refractivity contribution >= 4 is 56.8 Å². The molecule has 0 unspecified atom stereocenters. The average Bonchev–Trinajstić information content (AvgIpc) is 3.12. The van der Waals surface area contributed by atoms with Gasteiger partial charge in [-0.15, -0.1) is 0 Å². The summed E-state index contributed by atoms with van der Waals surface area (Å²) >= 11 is 0. The van der Waals surface area contributed by atoms with Gasteiger partial charge < -0.3 is 18.4 Å². The molecule has 0 spiro atoms. The van der Waals surface area contributed by atoms with E-state index in [-0.39, 0.29) is 58.4 Å². The van der Waals surface area contributed by atoms with Crippen molar-refractivity contribution in [2.24, 2.45) is 29.6 Å². The summed E-state index contributed by atoms with van der Waals surface area (Å²) in [5, 5.41) is 0. The molecule has 0 heterocycles. The van der Waals surface area contributed by atoms with Crippen LogP contribution in [0.2, 0.25) is 0 Å². The van der Waals surface area contributed by atoms with Gasteiger partial charge in [-0.1, -0.05) is 93.5 Å². The minimum absolute atomic E-state index is 0.00444. The Morgan fingerprint density at radius 1 is 0.524 bits per heavy atom. The van der Waals surface area contributed by atoms with Gasteiger partial charge in [0.15, 0.2) is 18.9 Å². The Bertz CT molecular complexity index is 1890. The maximum absolute atomic E-state index is 11.6. The number of hydrogen-bond donors (Lipinski definition) is 0. The number of hydrogen-bond acceptors (Lipinski definition) is 12. The van der Waals surface area contributed by atoms with Gasteiger partial charge in [0.25, 0.3) is 0 Å². The molecule has 358 valence electrons. The predicted octanol–water partition coefficient (Wildman–Crippen LogP) is 11.9. The van der Waals surface area contributed by atoms with Gasteiger partial charge in [-0.2, -0.15) is 0 Å². The van der Waals surface area contributed by atoms with Crippen molar-refractivity contribution in [2.75, 3.05) is 46.6 Å². The van der Waals surface area contributed by atoms with E-state index in [4.69, 9.17) is 13.6 Å². The quantitative estimate of drug-likeness (QED) is 0.0906. The summed E-state index contributed by atoms with van der Waals surface area (Å²) in [5.74, 6) is 2.34. The maximum atomic E-state index is 11.6. The van der Waals surface area contributed by atoms with Crippen LogP contribution in [-0.4, -0.2) is 81.3 Å². The van der Waals surface area contributed by atoms with Crippen LogP contribution in [0.4, 0.5) is 0 Å². The van der Waals surface area contributed by atoms with Crippen molar-refractivity contribution in [3.63, 3.8) is 0 Å². The van der Waals surface area contributed by atoms with Crippen molar-refractivity contribution in [1.29, 1.82) is 0 Å². The second-order valence-corrected chi connectivity index (χ2v) is 26.0. The molecule has 0 aliphatic heterocycles. The summed E-state index contributed by atoms with van der Waals surface area (Å²) in [6.07, 6.45) is 4.26. The van der Waals surface area contributed by atoms with Gasteiger partial charge in [0, 0.05) is 89.3 Å². The molecule has 0 amide bonds. The molecule has 12 nitrogen and oxygen atoms in total. The van der Waals surface area contributed by atoms with Crippen molar-refractivity contribution in [1.82, 2.24) is 0 Å². The van der Waals surface area contributed by atoms with E-state index in [9.17, 15) is 42.5 Å². The average molecular weight is 941 g/mol. The zero-order valence-corrected chi connectivity index (χ0v) is 44.1. The van der Waals surface area contributed by atoms with Crippen LogP contribution in [-0.2, 0) is 59.8 Å². The minimum Gasteiger partial charge on any atom is -0.443 e. The lowest BCUT2D eigenvalue weighted by Crippen LogP contribution is -2.10. The fourth-order valence-electron chi connectivity index (χ4n) is 4.01. The lowest BCUT2D eigenvalue weighted by atomic mass is 10.0. The Balaban J connectivity index is -0.000000736. The van der Waals surface area contributed by atoms with E-state index in [1.54, 1.807) is 78.1 Å². The van der Waals surface area contributed by atoms with Gasteiger partial charge in [-0.05, 0) is 67.3 Å². The van der Waals surface area contributed by atoms with Crippen LogP contribution in [0.1, 0.15) is 107 Å². The van der Waals surface area contributed by atoms with E-state index < -0.39 is 22.1 Å². The van der Waals surface area contributed by atoms with Crippen molar-refractivity contribution < 1.29 is 56.0 Å². The summed E-state index contributed by atoms with van der Waals surface area (Å²) in [4.78, 5) is 65.6. The largest absolute Gasteiger partial charge is 0.443 e. The van der Waals surface area contributed by atoms with Gasteiger partial charge in [0.2, 0.25) is 14.7 Å². The van der Waals surface area contributed by atoms with E-state index in [0.29, 0.717) is 49.7 Å². The SMILES string of the molecule is CC(=O)/C=C/C(=O)C(C)C.CC(=O)CCC(=O)C(C)C.CC(C)C(=O)Cc1ccc(OP(C)(C)=O)cc1.CC(C)C(=O)Cc1cccc(OP(C)(C)=O)c1.CC(C)COP(C)(C)=O. The number of carbonyl (C=O) groups is 6. The van der Waals surface area contributed by atoms with Crippen LogP contribution in [0.15, 0.2) is 60.7 Å². The number of carbonyl (C=O) groups excluding carboxylic acids is 6. The minimum atomic E-state index is -2.55. The number of ketones is 6. The Morgan fingerprint density at radius 3 is 1.32 bits per heavy atom. The first-order valence-electron chi connectivity index (χ1n) is 21.2. The number of allylic oxidation sites excluding steroid dienone is 2. The molecule has 15 heteroatoms. The molecule has 63 heavy (non-hydrogen) atoms. The van der Waals surface area contributed by atoms with Crippen LogP contribution < -0.4 is 9.05 Å². The Labute approximate surface area is 379 Å². The highest BCUT2D eigenvalue weighted by Gasteiger charge is 2.13. The molecule has 2 rings (SSSR count). The summed E-state index contributed by atoms with van der Waals surface area (Å²) in [6.45, 7) is 32.0. The van der Waals surface area contributed by atoms with E-state index >= 15 is 0 Å². The summed E-state index contributed by atoms with van der Waals surface area (Å²) < 4.78 is 49.5. The molecule has 0 radical (unpaired) electrons. The molecule has 0 saturated carbocycles. The van der Waals surface area contributed by atoms with Gasteiger partial charge in [0.05, 0.1) is 6.61 Å². The summed E-state index contributed by atoms with van der Waals surface area (Å²) in [6, 6.07) is 14.4. The molecule has 2 aromatic carbocycles. The number of Topliss-reactive ketones (excluding diaryl/α,β-unsaturated/α-hetero) is 4. The van der Waals surface area contributed by atoms with Crippen LogP contribution in [0.25, 0.3) is 0 Å². The van der Waals surface area contributed by atoms with E-state index in [1.165, 1.54) is 26.0 Å². The third-order valence-corrected chi connectivity index (χ3v) is 9.73. The molecular formula is C48H79O12P3. The molecule has 0 saturated heterocycles. The zero-order valence-electron chi connectivity index (χ0n) is 41.4. The number of rotatable bonds is 20. The Hall–Kier alpha value is -3.55. The first-order valence-corrected chi connectivity index (χ1v) is 28.8. The first-order chi connectivity index (χ1) is 28.5. The third kappa shape index (κ3) is 42.2. The van der Waals surface area contributed by atoms with Crippen LogP contribution >= 0.6 is 22.1 Å². The van der Waals surface area contributed by atoms with Crippen molar-refractivity contribution in [3.8, 4) is 11.5 Å². The van der Waals surface area contributed by atoms with Crippen LogP contribution in [0.3, 0.4) is 0 Å². The van der Waals surface area contributed by atoms with Gasteiger partial charge in [0.1, 0.15) is 34.6 Å². The van der Waals surface area contributed by atoms with Gasteiger partial charge in [-0.25, -0.2) is 0 Å². The van der Waals surface area contributed by atoms with E-state index in [2.05, 4.69) is 0 Å². The number of benzene rings is 2. The predicted molar refractivity (Wildman–Crippen MR) is 260 cm³/mol. The smallest absolute Gasteiger partial charge is 0.242 e. The topological polar surface area (TPSA) is 181 Å². The molecular weight excluding hydrogens is 861 g/mol. The fraction of sp³-hybridized carbons (Fsp3) is 0.583. The second-order valence-electron chi connectivity index (χ2n) is 17.8. The molecule has 0 atom stereocenters. The van der Waals surface area contributed by atoms with Crippen molar-refractivity contribution in [2.45, 2.75) is 109 Å². The molecule has 0 aromatic heterocycles. The maximum Gasteiger partial charge on any atom is 0.242 e. The lowest BCUT2D eigenvalue weighted by molar-refractivity contribution is -0.125. The van der Waals surface area contributed by atoms with Gasteiger partial charge >= 0.3 is 0 Å². The Morgan fingerprint density at radius 2 is 0.968 bits per heavy atom. The van der Waals surface area contributed by atoms with Gasteiger partial charge in [-0.3, -0.25) is 37.7 Å². The third-order valence-electron chi connectivity index (χ3n) is 7.65.